The zero-order valence-electron chi connectivity index (χ0n) is 16.4. The maximum Gasteiger partial charge on any atom is 0.313 e. The molecule has 0 radical (unpaired) electrons. The van der Waals surface area contributed by atoms with Crippen LogP contribution in [0.4, 0.5) is 13.2 Å². The van der Waals surface area contributed by atoms with Crippen molar-refractivity contribution in [1.82, 2.24) is 5.32 Å². The third kappa shape index (κ3) is 5.62. The van der Waals surface area contributed by atoms with Gasteiger partial charge >= 0.3 is 5.97 Å². The van der Waals surface area contributed by atoms with Crippen LogP contribution in [0.25, 0.3) is 0 Å². The number of hydrogen-bond donors (Lipinski definition) is 1. The number of carbonyl (C=O) groups is 2. The van der Waals surface area contributed by atoms with Crippen molar-refractivity contribution < 1.29 is 27.5 Å². The van der Waals surface area contributed by atoms with Crippen LogP contribution in [0.15, 0.2) is 59.5 Å². The number of methoxy groups -OCH3 is 1. The highest BCUT2D eigenvalue weighted by Gasteiger charge is 2.35. The summed E-state index contributed by atoms with van der Waals surface area (Å²) in [6.07, 6.45) is 3.87. The lowest BCUT2D eigenvalue weighted by atomic mass is 9.85. The van der Waals surface area contributed by atoms with Crippen molar-refractivity contribution in [3.05, 3.63) is 76.6 Å². The number of halogens is 4. The van der Waals surface area contributed by atoms with Crippen LogP contribution < -0.4 is 5.32 Å². The SMILES string of the molecule is COC(=O)C(c1ccc(F)cc1Cl)C1C=CC(NC(=O)c2ccccc2SC(F)F)C1. The molecule has 9 heteroatoms. The fourth-order valence-electron chi connectivity index (χ4n) is 3.59. The monoisotopic (exact) mass is 469 g/mol. The molecule has 0 saturated heterocycles. The van der Waals surface area contributed by atoms with E-state index in [4.69, 9.17) is 16.3 Å². The summed E-state index contributed by atoms with van der Waals surface area (Å²) < 4.78 is 43.9. The first-order valence-electron chi connectivity index (χ1n) is 9.36. The van der Waals surface area contributed by atoms with Gasteiger partial charge in [-0.1, -0.05) is 53.7 Å². The number of alkyl halides is 2. The molecule has 0 fully saturated rings. The normalized spacial score (nSPS) is 18.8. The molecule has 2 aromatic carbocycles. The second kappa shape index (κ2) is 10.2. The number of amides is 1. The van der Waals surface area contributed by atoms with Crippen LogP contribution in [-0.2, 0) is 9.53 Å². The Kier molecular flexibility index (Phi) is 7.67. The van der Waals surface area contributed by atoms with E-state index in [9.17, 15) is 22.8 Å². The first-order valence-corrected chi connectivity index (χ1v) is 10.6. The van der Waals surface area contributed by atoms with E-state index in [1.807, 2.05) is 0 Å². The van der Waals surface area contributed by atoms with E-state index in [-0.39, 0.29) is 21.4 Å². The summed E-state index contributed by atoms with van der Waals surface area (Å²) in [5.74, 6) is -5.33. The van der Waals surface area contributed by atoms with Crippen molar-refractivity contribution in [2.24, 2.45) is 5.92 Å². The molecule has 1 N–H and O–H groups in total. The molecule has 3 rings (SSSR count). The number of carbonyl (C=O) groups excluding carboxylic acids is 2. The predicted molar refractivity (Wildman–Crippen MR) is 113 cm³/mol. The molecule has 31 heavy (non-hydrogen) atoms. The number of ether oxygens (including phenoxy) is 1. The van der Waals surface area contributed by atoms with E-state index in [0.29, 0.717) is 23.7 Å². The summed E-state index contributed by atoms with van der Waals surface area (Å²) in [6.45, 7) is 0. The lowest BCUT2D eigenvalue weighted by Crippen LogP contribution is -2.34. The summed E-state index contributed by atoms with van der Waals surface area (Å²) in [5.41, 5.74) is 0.575. The van der Waals surface area contributed by atoms with Crippen LogP contribution in [0.1, 0.15) is 28.3 Å². The maximum atomic E-state index is 13.4. The molecular weight excluding hydrogens is 451 g/mol. The first-order chi connectivity index (χ1) is 14.8. The lowest BCUT2D eigenvalue weighted by Gasteiger charge is -2.23. The molecule has 1 amide bonds. The minimum Gasteiger partial charge on any atom is -0.469 e. The van der Waals surface area contributed by atoms with E-state index >= 15 is 0 Å². The molecule has 0 bridgehead atoms. The van der Waals surface area contributed by atoms with Gasteiger partial charge in [0.05, 0.1) is 18.6 Å². The third-order valence-electron chi connectivity index (χ3n) is 4.96. The molecule has 3 unspecified atom stereocenters. The smallest absolute Gasteiger partial charge is 0.313 e. The van der Waals surface area contributed by atoms with E-state index in [1.54, 1.807) is 24.3 Å². The standard InChI is InChI=1S/C22H19ClF3NO3S/c1-30-21(29)19(15-9-7-13(24)11-17(15)23)12-6-8-14(10-12)27-20(28)16-4-2-3-5-18(16)31-22(25)26/h2-9,11-12,14,19,22H,10H2,1H3,(H,27,28). The van der Waals surface area contributed by atoms with Gasteiger partial charge in [0.2, 0.25) is 0 Å². The Balaban J connectivity index is 1.75. The van der Waals surface area contributed by atoms with Crippen LogP contribution in [0, 0.1) is 11.7 Å². The fraction of sp³-hybridized carbons (Fsp3) is 0.273. The lowest BCUT2D eigenvalue weighted by molar-refractivity contribution is -0.143. The Morgan fingerprint density at radius 3 is 2.61 bits per heavy atom. The molecule has 2 aromatic rings. The van der Waals surface area contributed by atoms with Gasteiger partial charge in [0, 0.05) is 16.0 Å². The van der Waals surface area contributed by atoms with E-state index in [1.165, 1.54) is 31.4 Å². The molecule has 0 spiro atoms. The molecule has 164 valence electrons. The van der Waals surface area contributed by atoms with Crippen molar-refractivity contribution in [3.8, 4) is 0 Å². The Hall–Kier alpha value is -2.45. The zero-order chi connectivity index (χ0) is 22.5. The summed E-state index contributed by atoms with van der Waals surface area (Å²) in [5, 5.41) is 2.90. The molecule has 0 heterocycles. The summed E-state index contributed by atoms with van der Waals surface area (Å²) >= 11 is 6.46. The third-order valence-corrected chi connectivity index (χ3v) is 6.08. The molecule has 1 aliphatic carbocycles. The largest absolute Gasteiger partial charge is 0.469 e. The number of hydrogen-bond acceptors (Lipinski definition) is 4. The van der Waals surface area contributed by atoms with Crippen molar-refractivity contribution in [3.63, 3.8) is 0 Å². The van der Waals surface area contributed by atoms with Crippen LogP contribution in [-0.4, -0.2) is 30.8 Å². The first kappa shape index (κ1) is 23.2. The van der Waals surface area contributed by atoms with Crippen LogP contribution in [0.2, 0.25) is 5.02 Å². The average Bonchev–Trinajstić information content (AvgIpc) is 3.17. The molecule has 0 saturated carbocycles. The minimum atomic E-state index is -2.65. The van der Waals surface area contributed by atoms with Gasteiger partial charge < -0.3 is 10.1 Å². The number of benzene rings is 2. The van der Waals surface area contributed by atoms with Gasteiger partial charge in [-0.25, -0.2) is 4.39 Å². The van der Waals surface area contributed by atoms with Gasteiger partial charge in [0.15, 0.2) is 0 Å². The van der Waals surface area contributed by atoms with Crippen molar-refractivity contribution in [1.29, 1.82) is 0 Å². The summed E-state index contributed by atoms with van der Waals surface area (Å²) in [6, 6.07) is 9.48. The molecule has 0 aliphatic heterocycles. The highest BCUT2D eigenvalue weighted by molar-refractivity contribution is 7.99. The predicted octanol–water partition coefficient (Wildman–Crippen LogP) is 5.43. The minimum absolute atomic E-state index is 0.106. The molecular formula is C22H19ClF3NO3S. The Morgan fingerprint density at radius 1 is 1.19 bits per heavy atom. The quantitative estimate of drug-likeness (QED) is 0.334. The average molecular weight is 470 g/mol. The van der Waals surface area contributed by atoms with Crippen LogP contribution in [0.5, 0.6) is 0 Å². The van der Waals surface area contributed by atoms with Gasteiger partial charge in [-0.05, 0) is 42.2 Å². The topological polar surface area (TPSA) is 55.4 Å². The highest BCUT2D eigenvalue weighted by atomic mass is 35.5. The highest BCUT2D eigenvalue weighted by Crippen LogP contribution is 2.38. The molecule has 3 atom stereocenters. The van der Waals surface area contributed by atoms with Gasteiger partial charge in [-0.2, -0.15) is 8.78 Å². The van der Waals surface area contributed by atoms with Crippen molar-refractivity contribution in [2.75, 3.05) is 7.11 Å². The van der Waals surface area contributed by atoms with E-state index < -0.39 is 35.4 Å². The summed E-state index contributed by atoms with van der Waals surface area (Å²) in [7, 11) is 1.25. The number of thioether (sulfide) groups is 1. The second-order valence-corrected chi connectivity index (χ2v) is 8.34. The zero-order valence-corrected chi connectivity index (χ0v) is 17.9. The maximum absolute atomic E-state index is 13.4. The van der Waals surface area contributed by atoms with Gasteiger partial charge in [0.1, 0.15) is 5.82 Å². The molecule has 0 aromatic heterocycles. The van der Waals surface area contributed by atoms with Gasteiger partial charge in [-0.3, -0.25) is 9.59 Å². The Bertz CT molecular complexity index is 1000. The van der Waals surface area contributed by atoms with Gasteiger partial charge in [0.25, 0.3) is 11.7 Å². The van der Waals surface area contributed by atoms with Crippen LogP contribution >= 0.6 is 23.4 Å². The van der Waals surface area contributed by atoms with E-state index in [0.717, 1.165) is 6.07 Å². The van der Waals surface area contributed by atoms with E-state index in [2.05, 4.69) is 5.32 Å². The Morgan fingerprint density at radius 2 is 1.94 bits per heavy atom. The fourth-order valence-corrected chi connectivity index (χ4v) is 4.52. The van der Waals surface area contributed by atoms with Crippen LogP contribution in [0.3, 0.4) is 0 Å². The second-order valence-electron chi connectivity index (χ2n) is 6.91. The van der Waals surface area contributed by atoms with Gasteiger partial charge in [-0.15, -0.1) is 0 Å². The number of nitrogens with one attached hydrogen (secondary N) is 1. The molecule has 1 aliphatic rings. The number of esters is 1. The van der Waals surface area contributed by atoms with Crippen molar-refractivity contribution in [2.45, 2.75) is 29.0 Å². The Labute approximate surface area is 186 Å². The number of rotatable bonds is 7. The molecule has 4 nitrogen and oxygen atoms in total. The number of allylic oxidation sites excluding steroid dienone is 1. The summed E-state index contributed by atoms with van der Waals surface area (Å²) in [4.78, 5) is 25.3. The van der Waals surface area contributed by atoms with Crippen molar-refractivity contribution >= 4 is 35.2 Å².